The fraction of sp³-hybridized carbons (Fsp3) is 0.500. The molecular weight excluding hydrogens is 245 g/mol. The van der Waals surface area contributed by atoms with Crippen molar-refractivity contribution in [3.63, 3.8) is 0 Å². The summed E-state index contributed by atoms with van der Waals surface area (Å²) in [5.74, 6) is -0.750. The van der Waals surface area contributed by atoms with Crippen LogP contribution in [-0.2, 0) is 11.3 Å². The van der Waals surface area contributed by atoms with Gasteiger partial charge in [0, 0.05) is 24.8 Å². The third-order valence-electron chi connectivity index (χ3n) is 3.79. The minimum Gasteiger partial charge on any atom is -0.369 e. The first-order valence-electron chi connectivity index (χ1n) is 6.56. The summed E-state index contributed by atoms with van der Waals surface area (Å²) >= 11 is 0. The summed E-state index contributed by atoms with van der Waals surface area (Å²) in [5, 5.41) is 0. The van der Waals surface area contributed by atoms with Gasteiger partial charge >= 0.3 is 0 Å². The highest BCUT2D eigenvalue weighted by molar-refractivity contribution is 5.77. The molecule has 19 heavy (non-hydrogen) atoms. The van der Waals surface area contributed by atoms with Crippen LogP contribution in [0.3, 0.4) is 0 Å². The second kappa shape index (κ2) is 5.57. The number of nitrogens with two attached hydrogens (primary N) is 2. The quantitative estimate of drug-likeness (QED) is 0.867. The van der Waals surface area contributed by atoms with E-state index in [4.69, 9.17) is 11.5 Å². The summed E-state index contributed by atoms with van der Waals surface area (Å²) in [5.41, 5.74) is 12.5. The van der Waals surface area contributed by atoms with Crippen LogP contribution >= 0.6 is 0 Å². The van der Waals surface area contributed by atoms with Gasteiger partial charge in [-0.2, -0.15) is 0 Å². The van der Waals surface area contributed by atoms with E-state index in [1.807, 2.05) is 11.0 Å². The zero-order valence-corrected chi connectivity index (χ0v) is 11.1. The van der Waals surface area contributed by atoms with Crippen molar-refractivity contribution in [2.45, 2.75) is 32.4 Å². The lowest BCUT2D eigenvalue weighted by Crippen LogP contribution is -2.46. The molecule has 2 rings (SSSR count). The molecule has 0 saturated carbocycles. The second-order valence-electron chi connectivity index (χ2n) is 5.20. The number of nitrogens with zero attached hydrogens (tertiary/aromatic N) is 1. The molecule has 2 unspecified atom stereocenters. The number of halogens is 1. The van der Waals surface area contributed by atoms with Crippen LogP contribution in [0.1, 0.15) is 25.3 Å². The number of anilines is 1. The topological polar surface area (TPSA) is 72.4 Å². The van der Waals surface area contributed by atoms with Crippen molar-refractivity contribution in [2.24, 2.45) is 17.4 Å². The van der Waals surface area contributed by atoms with Crippen LogP contribution in [0.25, 0.3) is 0 Å². The SMILES string of the molecule is CC1CCC(C(N)=O)CN1c1cc(F)cc(CN)c1. The summed E-state index contributed by atoms with van der Waals surface area (Å²) in [6.07, 6.45) is 1.67. The van der Waals surface area contributed by atoms with Crippen LogP contribution in [0, 0.1) is 11.7 Å². The number of primary amides is 1. The Kier molecular flexibility index (Phi) is 4.04. The number of carbonyl (C=O) groups is 1. The van der Waals surface area contributed by atoms with Crippen molar-refractivity contribution in [1.82, 2.24) is 0 Å². The van der Waals surface area contributed by atoms with Crippen molar-refractivity contribution in [2.75, 3.05) is 11.4 Å². The molecule has 1 amide bonds. The smallest absolute Gasteiger partial charge is 0.222 e. The average molecular weight is 265 g/mol. The summed E-state index contributed by atoms with van der Waals surface area (Å²) in [6.45, 7) is 2.92. The molecule has 0 radical (unpaired) electrons. The number of amides is 1. The maximum atomic E-state index is 13.6. The molecule has 1 saturated heterocycles. The molecule has 0 aliphatic carbocycles. The van der Waals surface area contributed by atoms with Crippen LogP contribution in [0.5, 0.6) is 0 Å². The molecule has 5 heteroatoms. The number of hydrogen-bond acceptors (Lipinski definition) is 3. The number of piperidine rings is 1. The van der Waals surface area contributed by atoms with Crippen LogP contribution in [-0.4, -0.2) is 18.5 Å². The van der Waals surface area contributed by atoms with Gasteiger partial charge in [-0.3, -0.25) is 4.79 Å². The number of hydrogen-bond donors (Lipinski definition) is 2. The number of carbonyl (C=O) groups excluding carboxylic acids is 1. The molecule has 104 valence electrons. The van der Waals surface area contributed by atoms with Crippen LogP contribution in [0.2, 0.25) is 0 Å². The summed E-state index contributed by atoms with van der Waals surface area (Å²) in [4.78, 5) is 13.4. The number of rotatable bonds is 3. The van der Waals surface area contributed by atoms with Gasteiger partial charge in [-0.15, -0.1) is 0 Å². The fourth-order valence-corrected chi connectivity index (χ4v) is 2.62. The van der Waals surface area contributed by atoms with E-state index in [-0.39, 0.29) is 23.7 Å². The van der Waals surface area contributed by atoms with Gasteiger partial charge in [0.2, 0.25) is 5.91 Å². The molecule has 1 fully saturated rings. The van der Waals surface area contributed by atoms with E-state index in [1.165, 1.54) is 12.1 Å². The Morgan fingerprint density at radius 3 is 2.79 bits per heavy atom. The highest BCUT2D eigenvalue weighted by Gasteiger charge is 2.29. The predicted octanol–water partition coefficient (Wildman–Crippen LogP) is 1.37. The molecule has 0 spiro atoms. The molecule has 0 bridgehead atoms. The minimum atomic E-state index is -0.300. The van der Waals surface area contributed by atoms with Gasteiger partial charge in [0.15, 0.2) is 0 Å². The van der Waals surface area contributed by atoms with Crippen LogP contribution < -0.4 is 16.4 Å². The first kappa shape index (κ1) is 13.8. The van der Waals surface area contributed by atoms with Gasteiger partial charge in [0.1, 0.15) is 5.82 Å². The van der Waals surface area contributed by atoms with Crippen molar-refractivity contribution in [3.05, 3.63) is 29.6 Å². The Morgan fingerprint density at radius 1 is 1.42 bits per heavy atom. The van der Waals surface area contributed by atoms with E-state index in [2.05, 4.69) is 6.92 Å². The van der Waals surface area contributed by atoms with Gasteiger partial charge in [0.25, 0.3) is 0 Å². The Hall–Kier alpha value is -1.62. The molecule has 1 aliphatic heterocycles. The lowest BCUT2D eigenvalue weighted by atomic mass is 9.92. The Balaban J connectivity index is 2.27. The van der Waals surface area contributed by atoms with Gasteiger partial charge in [-0.1, -0.05) is 0 Å². The van der Waals surface area contributed by atoms with Crippen molar-refractivity contribution < 1.29 is 9.18 Å². The van der Waals surface area contributed by atoms with E-state index in [9.17, 15) is 9.18 Å². The lowest BCUT2D eigenvalue weighted by Gasteiger charge is -2.38. The minimum absolute atomic E-state index is 0.166. The molecule has 1 aromatic carbocycles. The van der Waals surface area contributed by atoms with Crippen molar-refractivity contribution in [3.8, 4) is 0 Å². The summed E-state index contributed by atoms with van der Waals surface area (Å²) in [7, 11) is 0. The molecule has 1 aromatic rings. The van der Waals surface area contributed by atoms with Gasteiger partial charge in [-0.25, -0.2) is 4.39 Å². The van der Waals surface area contributed by atoms with Crippen molar-refractivity contribution >= 4 is 11.6 Å². The Bertz CT molecular complexity index is 478. The van der Waals surface area contributed by atoms with E-state index in [0.29, 0.717) is 13.1 Å². The first-order chi connectivity index (χ1) is 9.01. The van der Waals surface area contributed by atoms with E-state index in [1.54, 1.807) is 0 Å². The van der Waals surface area contributed by atoms with Crippen LogP contribution in [0.4, 0.5) is 10.1 Å². The second-order valence-corrected chi connectivity index (χ2v) is 5.20. The third kappa shape index (κ3) is 3.04. The molecule has 4 nitrogen and oxygen atoms in total. The standard InChI is InChI=1S/C14H20FN3O/c1-9-2-3-11(14(17)19)8-18(9)13-5-10(7-16)4-12(15)6-13/h4-6,9,11H,2-3,7-8,16H2,1H3,(H2,17,19). The summed E-state index contributed by atoms with van der Waals surface area (Å²) < 4.78 is 13.6. The third-order valence-corrected chi connectivity index (χ3v) is 3.79. The highest BCUT2D eigenvalue weighted by atomic mass is 19.1. The molecule has 1 heterocycles. The van der Waals surface area contributed by atoms with Gasteiger partial charge in [-0.05, 0) is 43.5 Å². The zero-order valence-electron chi connectivity index (χ0n) is 11.1. The normalized spacial score (nSPS) is 23.4. The fourth-order valence-electron chi connectivity index (χ4n) is 2.62. The monoisotopic (exact) mass is 265 g/mol. The van der Waals surface area contributed by atoms with Crippen LogP contribution in [0.15, 0.2) is 18.2 Å². The van der Waals surface area contributed by atoms with Gasteiger partial charge < -0.3 is 16.4 Å². The molecule has 1 aliphatic rings. The van der Waals surface area contributed by atoms with Gasteiger partial charge in [0.05, 0.1) is 5.92 Å². The Morgan fingerprint density at radius 2 is 2.16 bits per heavy atom. The zero-order chi connectivity index (χ0) is 14.0. The number of benzene rings is 1. The van der Waals surface area contributed by atoms with Crippen molar-refractivity contribution in [1.29, 1.82) is 0 Å². The molecule has 2 atom stereocenters. The highest BCUT2D eigenvalue weighted by Crippen LogP contribution is 2.28. The van der Waals surface area contributed by atoms with E-state index in [0.717, 1.165) is 24.1 Å². The lowest BCUT2D eigenvalue weighted by molar-refractivity contribution is -0.122. The maximum Gasteiger partial charge on any atom is 0.222 e. The summed E-state index contributed by atoms with van der Waals surface area (Å²) in [6, 6.07) is 5.06. The first-order valence-corrected chi connectivity index (χ1v) is 6.56. The molecule has 0 aromatic heterocycles. The van der Waals surface area contributed by atoms with E-state index < -0.39 is 0 Å². The van der Waals surface area contributed by atoms with E-state index >= 15 is 0 Å². The maximum absolute atomic E-state index is 13.6. The molecule has 4 N–H and O–H groups in total. The molecular formula is C14H20FN3O. The predicted molar refractivity (Wildman–Crippen MR) is 73.0 cm³/mol. The Labute approximate surface area is 112 Å². The largest absolute Gasteiger partial charge is 0.369 e. The average Bonchev–Trinajstić information content (AvgIpc) is 2.38.